The Morgan fingerprint density at radius 1 is 1.19 bits per heavy atom. The van der Waals surface area contributed by atoms with Gasteiger partial charge in [0, 0.05) is 13.1 Å². The van der Waals surface area contributed by atoms with E-state index in [0.717, 1.165) is 17.6 Å². The molecular weight excluding hydrogens is 262 g/mol. The van der Waals surface area contributed by atoms with Crippen LogP contribution in [0.3, 0.4) is 0 Å². The molecule has 0 spiro atoms. The molecule has 2 fully saturated rings. The van der Waals surface area contributed by atoms with Gasteiger partial charge in [-0.15, -0.1) is 0 Å². The SMILES string of the molecule is CCN1CCC(N2CCC[C@H]2c2cncc(NC)n2)CC1. The molecule has 0 radical (unpaired) electrons. The lowest BCUT2D eigenvalue weighted by atomic mass is 10.0. The molecule has 0 aliphatic carbocycles. The number of aromatic nitrogens is 2. The topological polar surface area (TPSA) is 44.3 Å². The van der Waals surface area contributed by atoms with Crippen LogP contribution in [0.1, 0.15) is 44.3 Å². The second-order valence-corrected chi connectivity index (χ2v) is 6.14. The molecule has 1 aromatic heterocycles. The Balaban J connectivity index is 1.70. The highest BCUT2D eigenvalue weighted by molar-refractivity contribution is 5.31. The number of nitrogens with one attached hydrogen (secondary N) is 1. The summed E-state index contributed by atoms with van der Waals surface area (Å²) in [5, 5.41) is 3.10. The number of anilines is 1. The highest BCUT2D eigenvalue weighted by Gasteiger charge is 2.34. The molecule has 116 valence electrons. The largest absolute Gasteiger partial charge is 0.372 e. The third-order valence-corrected chi connectivity index (χ3v) is 5.02. The van der Waals surface area contributed by atoms with Gasteiger partial charge >= 0.3 is 0 Å². The lowest BCUT2D eigenvalue weighted by Crippen LogP contribution is -2.44. The zero-order chi connectivity index (χ0) is 14.7. The molecule has 0 amide bonds. The molecule has 2 aliphatic heterocycles. The molecule has 5 heteroatoms. The van der Waals surface area contributed by atoms with Crippen LogP contribution in [0.25, 0.3) is 0 Å². The zero-order valence-corrected chi connectivity index (χ0v) is 13.3. The van der Waals surface area contributed by atoms with Crippen LogP contribution >= 0.6 is 0 Å². The van der Waals surface area contributed by atoms with Crippen molar-refractivity contribution in [1.82, 2.24) is 19.8 Å². The third kappa shape index (κ3) is 3.19. The molecule has 3 rings (SSSR count). The molecule has 0 saturated carbocycles. The van der Waals surface area contributed by atoms with Crippen molar-refractivity contribution >= 4 is 5.82 Å². The minimum atomic E-state index is 0.462. The van der Waals surface area contributed by atoms with Gasteiger partial charge in [0.2, 0.25) is 0 Å². The summed E-state index contributed by atoms with van der Waals surface area (Å²) in [6.45, 7) is 7.15. The molecule has 1 N–H and O–H groups in total. The fourth-order valence-corrected chi connectivity index (χ4v) is 3.77. The van der Waals surface area contributed by atoms with Gasteiger partial charge in [-0.2, -0.15) is 0 Å². The number of hydrogen-bond donors (Lipinski definition) is 1. The van der Waals surface area contributed by atoms with E-state index >= 15 is 0 Å². The van der Waals surface area contributed by atoms with E-state index in [-0.39, 0.29) is 0 Å². The lowest BCUT2D eigenvalue weighted by Gasteiger charge is -2.38. The number of piperidine rings is 1. The van der Waals surface area contributed by atoms with Gasteiger partial charge in [-0.1, -0.05) is 6.92 Å². The van der Waals surface area contributed by atoms with Crippen LogP contribution in [-0.4, -0.2) is 59.0 Å². The van der Waals surface area contributed by atoms with Gasteiger partial charge in [0.1, 0.15) is 5.82 Å². The summed E-state index contributed by atoms with van der Waals surface area (Å²) >= 11 is 0. The maximum absolute atomic E-state index is 4.72. The van der Waals surface area contributed by atoms with E-state index in [4.69, 9.17) is 4.98 Å². The molecule has 1 atom stereocenters. The second kappa shape index (κ2) is 6.71. The van der Waals surface area contributed by atoms with E-state index in [9.17, 15) is 0 Å². The van der Waals surface area contributed by atoms with Gasteiger partial charge in [-0.3, -0.25) is 9.88 Å². The van der Waals surface area contributed by atoms with Crippen LogP contribution < -0.4 is 5.32 Å². The van der Waals surface area contributed by atoms with E-state index in [1.807, 2.05) is 13.2 Å². The minimum Gasteiger partial charge on any atom is -0.372 e. The summed E-state index contributed by atoms with van der Waals surface area (Å²) in [5.41, 5.74) is 1.14. The monoisotopic (exact) mass is 289 g/mol. The highest BCUT2D eigenvalue weighted by Crippen LogP contribution is 2.35. The number of likely N-dealkylation sites (tertiary alicyclic amines) is 2. The predicted molar refractivity (Wildman–Crippen MR) is 85.4 cm³/mol. The molecule has 0 bridgehead atoms. The molecule has 21 heavy (non-hydrogen) atoms. The summed E-state index contributed by atoms with van der Waals surface area (Å²) in [5.74, 6) is 0.875. The Morgan fingerprint density at radius 3 is 2.71 bits per heavy atom. The fraction of sp³-hybridized carbons (Fsp3) is 0.750. The van der Waals surface area contributed by atoms with Crippen LogP contribution in [0.5, 0.6) is 0 Å². The Kier molecular flexibility index (Phi) is 4.70. The van der Waals surface area contributed by atoms with Crippen molar-refractivity contribution in [3.63, 3.8) is 0 Å². The first-order chi connectivity index (χ1) is 10.3. The van der Waals surface area contributed by atoms with Crippen LogP contribution in [0.4, 0.5) is 5.82 Å². The Labute approximate surface area is 127 Å². The summed E-state index contributed by atoms with van der Waals surface area (Å²) in [7, 11) is 1.90. The molecule has 0 unspecified atom stereocenters. The normalized spacial score (nSPS) is 25.3. The predicted octanol–water partition coefficient (Wildman–Crippen LogP) is 2.14. The summed E-state index contributed by atoms with van der Waals surface area (Å²) in [6, 6.07) is 1.18. The van der Waals surface area contributed by atoms with Crippen molar-refractivity contribution in [2.45, 2.75) is 44.7 Å². The average molecular weight is 289 g/mol. The summed E-state index contributed by atoms with van der Waals surface area (Å²) in [4.78, 5) is 14.3. The van der Waals surface area contributed by atoms with E-state index < -0.39 is 0 Å². The average Bonchev–Trinajstić information content (AvgIpc) is 3.04. The van der Waals surface area contributed by atoms with Crippen molar-refractivity contribution in [2.75, 3.05) is 38.5 Å². The molecule has 2 saturated heterocycles. The van der Waals surface area contributed by atoms with Gasteiger partial charge in [-0.05, 0) is 51.9 Å². The first-order valence-corrected chi connectivity index (χ1v) is 8.29. The van der Waals surface area contributed by atoms with E-state index in [1.165, 1.54) is 51.9 Å². The summed E-state index contributed by atoms with van der Waals surface area (Å²) in [6.07, 6.45) is 8.83. The number of rotatable bonds is 4. The fourth-order valence-electron chi connectivity index (χ4n) is 3.77. The van der Waals surface area contributed by atoms with Gasteiger partial charge in [-0.25, -0.2) is 4.98 Å². The molecule has 0 aromatic carbocycles. The van der Waals surface area contributed by atoms with Crippen LogP contribution in [0.15, 0.2) is 12.4 Å². The van der Waals surface area contributed by atoms with Crippen molar-refractivity contribution < 1.29 is 0 Å². The smallest absolute Gasteiger partial charge is 0.144 e. The molecular formula is C16H27N5. The molecule has 2 aliphatic rings. The van der Waals surface area contributed by atoms with Crippen molar-refractivity contribution in [3.8, 4) is 0 Å². The van der Waals surface area contributed by atoms with Gasteiger partial charge in [0.15, 0.2) is 0 Å². The van der Waals surface area contributed by atoms with Crippen LogP contribution in [0.2, 0.25) is 0 Å². The van der Waals surface area contributed by atoms with Crippen molar-refractivity contribution in [3.05, 3.63) is 18.1 Å². The van der Waals surface area contributed by atoms with Crippen LogP contribution in [0, 0.1) is 0 Å². The molecule has 1 aromatic rings. The number of nitrogens with zero attached hydrogens (tertiary/aromatic N) is 4. The second-order valence-electron chi connectivity index (χ2n) is 6.14. The van der Waals surface area contributed by atoms with Gasteiger partial charge < -0.3 is 10.2 Å². The standard InChI is InChI=1S/C16H27N5/c1-3-20-9-6-13(7-10-20)21-8-4-5-15(21)14-11-18-12-16(17-2)19-14/h11-13,15H,3-10H2,1-2H3,(H,17,19)/t15-/m0/s1. The first-order valence-electron chi connectivity index (χ1n) is 8.29. The molecule has 5 nitrogen and oxygen atoms in total. The van der Waals surface area contributed by atoms with Gasteiger partial charge in [0.25, 0.3) is 0 Å². The third-order valence-electron chi connectivity index (χ3n) is 5.02. The van der Waals surface area contributed by atoms with Gasteiger partial charge in [0.05, 0.1) is 24.1 Å². The van der Waals surface area contributed by atoms with Crippen LogP contribution in [-0.2, 0) is 0 Å². The Bertz CT molecular complexity index is 456. The summed E-state index contributed by atoms with van der Waals surface area (Å²) < 4.78 is 0. The maximum Gasteiger partial charge on any atom is 0.144 e. The number of hydrogen-bond acceptors (Lipinski definition) is 5. The zero-order valence-electron chi connectivity index (χ0n) is 13.3. The van der Waals surface area contributed by atoms with E-state index in [1.54, 1.807) is 6.20 Å². The Morgan fingerprint density at radius 2 is 2.00 bits per heavy atom. The van der Waals surface area contributed by atoms with Crippen molar-refractivity contribution in [2.24, 2.45) is 0 Å². The minimum absolute atomic E-state index is 0.462. The maximum atomic E-state index is 4.72. The van der Waals surface area contributed by atoms with Crippen molar-refractivity contribution in [1.29, 1.82) is 0 Å². The van der Waals surface area contributed by atoms with E-state index in [2.05, 4.69) is 27.0 Å². The first kappa shape index (κ1) is 14.7. The van der Waals surface area contributed by atoms with E-state index in [0.29, 0.717) is 6.04 Å². The lowest BCUT2D eigenvalue weighted by molar-refractivity contribution is 0.0997. The quantitative estimate of drug-likeness (QED) is 0.920. The molecule has 3 heterocycles. The Hall–Kier alpha value is -1.20. The highest BCUT2D eigenvalue weighted by atomic mass is 15.2.